The van der Waals surface area contributed by atoms with Crippen LogP contribution in [0.2, 0.25) is 0 Å². The zero-order valence-corrected chi connectivity index (χ0v) is 9.98. The highest BCUT2D eigenvalue weighted by Crippen LogP contribution is 2.14. The minimum absolute atomic E-state index is 0.373. The third-order valence-electron chi connectivity index (χ3n) is 1.92. The summed E-state index contributed by atoms with van der Waals surface area (Å²) in [5.74, 6) is -0.472. The molecule has 0 N–H and O–H groups in total. The van der Waals surface area contributed by atoms with Crippen molar-refractivity contribution in [3.8, 4) is 0 Å². The molecule has 96 valence electrons. The first-order chi connectivity index (χ1) is 7.88. The number of halogens is 3. The van der Waals surface area contributed by atoms with E-state index in [0.29, 0.717) is 6.54 Å². The highest BCUT2D eigenvalue weighted by molar-refractivity contribution is 7.07. The van der Waals surface area contributed by atoms with E-state index < -0.39 is 25.3 Å². The van der Waals surface area contributed by atoms with Crippen LogP contribution in [0.5, 0.6) is 0 Å². The van der Waals surface area contributed by atoms with Gasteiger partial charge in [-0.25, -0.2) is 0 Å². The lowest BCUT2D eigenvalue weighted by Gasteiger charge is -2.16. The van der Waals surface area contributed by atoms with E-state index in [0.717, 1.165) is 5.56 Å². The topological polar surface area (TPSA) is 29.5 Å². The summed E-state index contributed by atoms with van der Waals surface area (Å²) in [6.07, 6.45) is -4.40. The summed E-state index contributed by atoms with van der Waals surface area (Å²) >= 11 is 1.50. The summed E-state index contributed by atoms with van der Waals surface area (Å²) in [7, 11) is 1.52. The Morgan fingerprint density at radius 3 is 2.76 bits per heavy atom. The van der Waals surface area contributed by atoms with Gasteiger partial charge in [0.2, 0.25) is 5.91 Å². The lowest BCUT2D eigenvalue weighted by molar-refractivity contribution is -0.177. The van der Waals surface area contributed by atoms with Gasteiger partial charge >= 0.3 is 6.18 Å². The second-order valence-electron chi connectivity index (χ2n) is 3.49. The number of thiophene rings is 1. The number of nitrogens with zero attached hydrogens (tertiary/aromatic N) is 1. The molecule has 0 saturated carbocycles. The lowest BCUT2D eigenvalue weighted by atomic mass is 10.3. The third kappa shape index (κ3) is 5.69. The van der Waals surface area contributed by atoms with Crippen LogP contribution in [-0.4, -0.2) is 37.2 Å². The predicted octanol–water partition coefficient (Wildman–Crippen LogP) is 2.29. The van der Waals surface area contributed by atoms with E-state index in [9.17, 15) is 18.0 Å². The van der Waals surface area contributed by atoms with E-state index in [1.807, 2.05) is 16.8 Å². The molecule has 0 aliphatic carbocycles. The van der Waals surface area contributed by atoms with Crippen molar-refractivity contribution < 1.29 is 22.7 Å². The number of ether oxygens (including phenoxy) is 1. The smallest absolute Gasteiger partial charge is 0.362 e. The summed E-state index contributed by atoms with van der Waals surface area (Å²) in [5, 5.41) is 3.74. The van der Waals surface area contributed by atoms with Gasteiger partial charge in [-0.2, -0.15) is 24.5 Å². The molecule has 0 aromatic carbocycles. The SMILES string of the molecule is CN(Cc1ccsc1)C(=O)COCC(F)(F)F. The number of alkyl halides is 3. The molecule has 1 heterocycles. The second kappa shape index (κ2) is 6.02. The summed E-state index contributed by atoms with van der Waals surface area (Å²) in [6, 6.07) is 1.85. The normalized spacial score (nSPS) is 11.5. The molecule has 0 aliphatic rings. The predicted molar refractivity (Wildman–Crippen MR) is 57.7 cm³/mol. The van der Waals surface area contributed by atoms with Crippen LogP contribution in [0.25, 0.3) is 0 Å². The molecule has 0 bridgehead atoms. The van der Waals surface area contributed by atoms with E-state index in [2.05, 4.69) is 4.74 Å². The van der Waals surface area contributed by atoms with Gasteiger partial charge in [0, 0.05) is 13.6 Å². The molecule has 0 aliphatic heterocycles. The van der Waals surface area contributed by atoms with Gasteiger partial charge in [0.15, 0.2) is 0 Å². The summed E-state index contributed by atoms with van der Waals surface area (Å²) in [6.45, 7) is -1.58. The molecular weight excluding hydrogens is 255 g/mol. The van der Waals surface area contributed by atoms with Gasteiger partial charge in [0.25, 0.3) is 0 Å². The van der Waals surface area contributed by atoms with Gasteiger partial charge in [0.05, 0.1) is 0 Å². The van der Waals surface area contributed by atoms with Crippen molar-refractivity contribution in [1.82, 2.24) is 4.90 Å². The summed E-state index contributed by atoms with van der Waals surface area (Å²) < 4.78 is 39.6. The second-order valence-corrected chi connectivity index (χ2v) is 4.27. The van der Waals surface area contributed by atoms with Gasteiger partial charge in [-0.15, -0.1) is 0 Å². The molecule has 0 radical (unpaired) electrons. The average molecular weight is 267 g/mol. The molecule has 3 nitrogen and oxygen atoms in total. The van der Waals surface area contributed by atoms with E-state index in [-0.39, 0.29) is 0 Å². The molecule has 0 spiro atoms. The zero-order valence-electron chi connectivity index (χ0n) is 9.16. The number of likely N-dealkylation sites (N-methyl/N-ethyl adjacent to an activating group) is 1. The quantitative estimate of drug-likeness (QED) is 0.819. The van der Waals surface area contributed by atoms with Crippen molar-refractivity contribution in [3.63, 3.8) is 0 Å². The van der Waals surface area contributed by atoms with Crippen LogP contribution in [-0.2, 0) is 16.1 Å². The number of carbonyl (C=O) groups excluding carboxylic acids is 1. The van der Waals surface area contributed by atoms with Gasteiger partial charge in [-0.05, 0) is 22.4 Å². The molecule has 1 rings (SSSR count). The van der Waals surface area contributed by atoms with Gasteiger partial charge in [0.1, 0.15) is 13.2 Å². The van der Waals surface area contributed by atoms with E-state index in [4.69, 9.17) is 0 Å². The number of hydrogen-bond donors (Lipinski definition) is 0. The van der Waals surface area contributed by atoms with Crippen LogP contribution >= 0.6 is 11.3 Å². The minimum Gasteiger partial charge on any atom is -0.362 e. The van der Waals surface area contributed by atoms with Crippen molar-refractivity contribution in [3.05, 3.63) is 22.4 Å². The fourth-order valence-electron chi connectivity index (χ4n) is 1.11. The molecule has 0 fully saturated rings. The first kappa shape index (κ1) is 14.0. The Morgan fingerprint density at radius 1 is 1.53 bits per heavy atom. The standard InChI is InChI=1S/C10H12F3NO2S/c1-14(4-8-2-3-17-6-8)9(15)5-16-7-10(11,12)13/h2-3,6H,4-5,7H2,1H3. The van der Waals surface area contributed by atoms with Crippen LogP contribution in [0.4, 0.5) is 13.2 Å². The maximum absolute atomic E-state index is 11.8. The molecule has 17 heavy (non-hydrogen) atoms. The van der Waals surface area contributed by atoms with E-state index in [1.165, 1.54) is 23.3 Å². The number of rotatable bonds is 5. The largest absolute Gasteiger partial charge is 0.411 e. The fraction of sp³-hybridized carbons (Fsp3) is 0.500. The number of hydrogen-bond acceptors (Lipinski definition) is 3. The maximum Gasteiger partial charge on any atom is 0.411 e. The molecule has 1 aromatic heterocycles. The molecule has 1 aromatic rings. The van der Waals surface area contributed by atoms with Crippen LogP contribution < -0.4 is 0 Å². The molecule has 0 saturated heterocycles. The summed E-state index contributed by atoms with van der Waals surface area (Å²) in [4.78, 5) is 12.7. The minimum atomic E-state index is -4.40. The molecule has 7 heteroatoms. The van der Waals surface area contributed by atoms with Crippen molar-refractivity contribution in [2.24, 2.45) is 0 Å². The highest BCUT2D eigenvalue weighted by atomic mass is 32.1. The highest BCUT2D eigenvalue weighted by Gasteiger charge is 2.28. The first-order valence-corrected chi connectivity index (χ1v) is 5.72. The van der Waals surface area contributed by atoms with Crippen molar-refractivity contribution in [2.45, 2.75) is 12.7 Å². The van der Waals surface area contributed by atoms with Crippen LogP contribution in [0.3, 0.4) is 0 Å². The molecule has 1 amide bonds. The van der Waals surface area contributed by atoms with E-state index in [1.54, 1.807) is 0 Å². The van der Waals surface area contributed by atoms with Crippen LogP contribution in [0, 0.1) is 0 Å². The van der Waals surface area contributed by atoms with Crippen LogP contribution in [0.1, 0.15) is 5.56 Å². The summed E-state index contributed by atoms with van der Waals surface area (Å²) in [5.41, 5.74) is 0.946. The Labute approximate surface area is 101 Å². The third-order valence-corrected chi connectivity index (χ3v) is 2.65. The number of carbonyl (C=O) groups is 1. The fourth-order valence-corrected chi connectivity index (χ4v) is 1.77. The Kier molecular flexibility index (Phi) is 4.95. The Bertz CT molecular complexity index is 351. The zero-order chi connectivity index (χ0) is 12.9. The van der Waals surface area contributed by atoms with Crippen molar-refractivity contribution in [2.75, 3.05) is 20.3 Å². The lowest BCUT2D eigenvalue weighted by Crippen LogP contribution is -2.31. The van der Waals surface area contributed by atoms with Crippen LogP contribution in [0.15, 0.2) is 16.8 Å². The molecule has 0 unspecified atom stereocenters. The number of amides is 1. The average Bonchev–Trinajstić information content (AvgIpc) is 2.68. The van der Waals surface area contributed by atoms with Gasteiger partial charge in [-0.3, -0.25) is 4.79 Å². The Morgan fingerprint density at radius 2 is 2.24 bits per heavy atom. The van der Waals surface area contributed by atoms with Gasteiger partial charge < -0.3 is 9.64 Å². The van der Waals surface area contributed by atoms with Gasteiger partial charge in [-0.1, -0.05) is 0 Å². The molecule has 0 atom stereocenters. The molecular formula is C10H12F3NO2S. The Hall–Kier alpha value is -1.08. The van der Waals surface area contributed by atoms with Crippen molar-refractivity contribution >= 4 is 17.2 Å². The monoisotopic (exact) mass is 267 g/mol. The van der Waals surface area contributed by atoms with E-state index >= 15 is 0 Å². The van der Waals surface area contributed by atoms with Crippen molar-refractivity contribution in [1.29, 1.82) is 0 Å². The maximum atomic E-state index is 11.8. The Balaban J connectivity index is 2.28. The first-order valence-electron chi connectivity index (χ1n) is 4.78.